The van der Waals surface area contributed by atoms with E-state index in [2.05, 4.69) is 10.6 Å². The summed E-state index contributed by atoms with van der Waals surface area (Å²) in [4.78, 5) is 11.7. The van der Waals surface area contributed by atoms with Crippen LogP contribution in [0.15, 0.2) is 24.3 Å². The maximum atomic E-state index is 11.7. The van der Waals surface area contributed by atoms with Crippen LogP contribution in [0.1, 0.15) is 44.1 Å². The molecule has 1 fully saturated rings. The van der Waals surface area contributed by atoms with Crippen LogP contribution in [0, 0.1) is 5.92 Å². The number of aromatic hydroxyl groups is 1. The molecule has 116 valence electrons. The van der Waals surface area contributed by atoms with Crippen molar-refractivity contribution in [2.24, 2.45) is 5.92 Å². The Balaban J connectivity index is 1.54. The van der Waals surface area contributed by atoms with Crippen LogP contribution in [0.2, 0.25) is 0 Å². The van der Waals surface area contributed by atoms with Crippen molar-refractivity contribution in [3.8, 4) is 5.75 Å². The molecule has 0 radical (unpaired) electrons. The summed E-state index contributed by atoms with van der Waals surface area (Å²) < 4.78 is 0. The fourth-order valence-corrected chi connectivity index (χ4v) is 2.91. The minimum absolute atomic E-state index is 0.0791. The van der Waals surface area contributed by atoms with Crippen molar-refractivity contribution in [2.75, 3.05) is 13.1 Å². The lowest BCUT2D eigenvalue weighted by Crippen LogP contribution is -2.37. The molecule has 0 atom stereocenters. The Morgan fingerprint density at radius 2 is 1.71 bits per heavy atom. The molecule has 2 rings (SSSR count). The van der Waals surface area contributed by atoms with E-state index in [1.165, 1.54) is 32.1 Å². The Morgan fingerprint density at radius 3 is 2.43 bits per heavy atom. The van der Waals surface area contributed by atoms with Gasteiger partial charge in [-0.3, -0.25) is 0 Å². The van der Waals surface area contributed by atoms with Crippen molar-refractivity contribution in [1.29, 1.82) is 0 Å². The maximum Gasteiger partial charge on any atom is 0.314 e. The number of benzene rings is 1. The highest BCUT2D eigenvalue weighted by Crippen LogP contribution is 2.25. The second-order valence-electron chi connectivity index (χ2n) is 5.89. The van der Waals surface area contributed by atoms with E-state index in [1.54, 1.807) is 12.1 Å². The molecule has 0 aliphatic heterocycles. The molecule has 1 aromatic carbocycles. The van der Waals surface area contributed by atoms with Gasteiger partial charge in [-0.25, -0.2) is 4.79 Å². The molecule has 0 bridgehead atoms. The van der Waals surface area contributed by atoms with Crippen LogP contribution >= 0.6 is 0 Å². The lowest BCUT2D eigenvalue weighted by molar-refractivity contribution is 0.239. The Hall–Kier alpha value is -1.71. The highest BCUT2D eigenvalue weighted by molar-refractivity contribution is 5.73. The number of carbonyl (C=O) groups is 1. The van der Waals surface area contributed by atoms with Gasteiger partial charge in [-0.15, -0.1) is 0 Å². The van der Waals surface area contributed by atoms with E-state index in [4.69, 9.17) is 0 Å². The van der Waals surface area contributed by atoms with Gasteiger partial charge >= 0.3 is 6.03 Å². The van der Waals surface area contributed by atoms with Crippen LogP contribution in [0.25, 0.3) is 0 Å². The molecule has 0 heterocycles. The molecule has 21 heavy (non-hydrogen) atoms. The summed E-state index contributed by atoms with van der Waals surface area (Å²) in [7, 11) is 0. The molecule has 1 aromatic rings. The first kappa shape index (κ1) is 15.7. The summed E-state index contributed by atoms with van der Waals surface area (Å²) in [5.41, 5.74) is 1.11. The predicted octanol–water partition coefficient (Wildman–Crippen LogP) is 3.20. The number of hydrogen-bond donors (Lipinski definition) is 3. The zero-order chi connectivity index (χ0) is 14.9. The highest BCUT2D eigenvalue weighted by Gasteiger charge is 2.13. The van der Waals surface area contributed by atoms with Crippen LogP contribution in [0.3, 0.4) is 0 Å². The summed E-state index contributed by atoms with van der Waals surface area (Å²) in [5.74, 6) is 1.07. The van der Waals surface area contributed by atoms with Crippen LogP contribution in [0.4, 0.5) is 4.79 Å². The lowest BCUT2D eigenvalue weighted by Gasteiger charge is -2.21. The van der Waals surface area contributed by atoms with Gasteiger partial charge in [0.05, 0.1) is 0 Å². The molecule has 0 aromatic heterocycles. The molecule has 0 unspecified atom stereocenters. The van der Waals surface area contributed by atoms with Crippen LogP contribution in [0.5, 0.6) is 5.75 Å². The first-order valence-electron chi connectivity index (χ1n) is 8.03. The number of rotatable bonds is 6. The Labute approximate surface area is 126 Å². The third kappa shape index (κ3) is 6.06. The van der Waals surface area contributed by atoms with Gasteiger partial charge < -0.3 is 15.7 Å². The summed E-state index contributed by atoms with van der Waals surface area (Å²) in [6, 6.07) is 7.00. The average Bonchev–Trinajstić information content (AvgIpc) is 2.50. The lowest BCUT2D eigenvalue weighted by atomic mass is 9.87. The minimum atomic E-state index is -0.0791. The van der Waals surface area contributed by atoms with E-state index in [1.807, 2.05) is 12.1 Å². The molecular weight excluding hydrogens is 264 g/mol. The zero-order valence-corrected chi connectivity index (χ0v) is 12.6. The van der Waals surface area contributed by atoms with Gasteiger partial charge in [0.1, 0.15) is 5.75 Å². The minimum Gasteiger partial charge on any atom is -0.508 e. The smallest absolute Gasteiger partial charge is 0.314 e. The summed E-state index contributed by atoms with van der Waals surface area (Å²) >= 11 is 0. The molecule has 4 nitrogen and oxygen atoms in total. The van der Waals surface area contributed by atoms with Crippen LogP contribution < -0.4 is 10.6 Å². The third-order valence-corrected chi connectivity index (χ3v) is 4.20. The van der Waals surface area contributed by atoms with Gasteiger partial charge in [-0.1, -0.05) is 44.2 Å². The standard InChI is InChI=1S/C17H26N2O2/c20-16-8-6-15(7-9-16)11-13-19-17(21)18-12-10-14-4-2-1-3-5-14/h6-9,14,20H,1-5,10-13H2,(H2,18,19,21). The summed E-state index contributed by atoms with van der Waals surface area (Å²) in [6.45, 7) is 1.38. The number of hydrogen-bond acceptors (Lipinski definition) is 2. The third-order valence-electron chi connectivity index (χ3n) is 4.20. The molecule has 1 aliphatic rings. The van der Waals surface area contributed by atoms with Gasteiger partial charge in [0.2, 0.25) is 0 Å². The van der Waals surface area contributed by atoms with Gasteiger partial charge in [-0.05, 0) is 36.5 Å². The molecule has 0 saturated heterocycles. The monoisotopic (exact) mass is 290 g/mol. The fraction of sp³-hybridized carbons (Fsp3) is 0.588. The van der Waals surface area contributed by atoms with Crippen molar-refractivity contribution >= 4 is 6.03 Å². The molecule has 1 saturated carbocycles. The van der Waals surface area contributed by atoms with E-state index in [-0.39, 0.29) is 11.8 Å². The topological polar surface area (TPSA) is 61.4 Å². The first-order chi connectivity index (χ1) is 10.2. The van der Waals surface area contributed by atoms with Crippen molar-refractivity contribution in [3.63, 3.8) is 0 Å². The largest absolute Gasteiger partial charge is 0.508 e. The van der Waals surface area contributed by atoms with E-state index < -0.39 is 0 Å². The van der Waals surface area contributed by atoms with Crippen molar-refractivity contribution in [3.05, 3.63) is 29.8 Å². The normalized spacial score (nSPS) is 15.6. The predicted molar refractivity (Wildman–Crippen MR) is 84.4 cm³/mol. The number of amides is 2. The van der Waals surface area contributed by atoms with Crippen molar-refractivity contribution < 1.29 is 9.90 Å². The molecular formula is C17H26N2O2. The molecule has 0 spiro atoms. The number of carbonyl (C=O) groups excluding carboxylic acids is 1. The fourth-order valence-electron chi connectivity index (χ4n) is 2.91. The van der Waals surface area contributed by atoms with E-state index >= 15 is 0 Å². The maximum absolute atomic E-state index is 11.7. The van der Waals surface area contributed by atoms with Gasteiger partial charge in [-0.2, -0.15) is 0 Å². The summed E-state index contributed by atoms with van der Waals surface area (Å²) in [6.07, 6.45) is 8.60. The van der Waals surface area contributed by atoms with E-state index in [0.29, 0.717) is 6.54 Å². The number of phenolic OH excluding ortho intramolecular Hbond substituents is 1. The van der Waals surface area contributed by atoms with Crippen LogP contribution in [-0.4, -0.2) is 24.2 Å². The molecule has 3 N–H and O–H groups in total. The molecule has 4 heteroatoms. The zero-order valence-electron chi connectivity index (χ0n) is 12.6. The van der Waals surface area contributed by atoms with Gasteiger partial charge in [0, 0.05) is 13.1 Å². The van der Waals surface area contributed by atoms with Crippen molar-refractivity contribution in [1.82, 2.24) is 10.6 Å². The second-order valence-corrected chi connectivity index (χ2v) is 5.89. The van der Waals surface area contributed by atoms with E-state index in [0.717, 1.165) is 30.9 Å². The second kappa shape index (κ2) is 8.55. The highest BCUT2D eigenvalue weighted by atomic mass is 16.3. The van der Waals surface area contributed by atoms with E-state index in [9.17, 15) is 9.90 Å². The van der Waals surface area contributed by atoms with Crippen LogP contribution in [-0.2, 0) is 6.42 Å². The quantitative estimate of drug-likeness (QED) is 0.753. The first-order valence-corrected chi connectivity index (χ1v) is 8.03. The summed E-state index contributed by atoms with van der Waals surface area (Å²) in [5, 5.41) is 15.0. The number of nitrogens with one attached hydrogen (secondary N) is 2. The average molecular weight is 290 g/mol. The van der Waals surface area contributed by atoms with Crippen molar-refractivity contribution in [2.45, 2.75) is 44.9 Å². The Kier molecular flexibility index (Phi) is 6.38. The SMILES string of the molecule is O=C(NCCc1ccc(O)cc1)NCCC1CCCCC1. The Morgan fingerprint density at radius 1 is 1.05 bits per heavy atom. The number of urea groups is 1. The van der Waals surface area contributed by atoms with Gasteiger partial charge in [0.15, 0.2) is 0 Å². The number of phenols is 1. The van der Waals surface area contributed by atoms with Gasteiger partial charge in [0.25, 0.3) is 0 Å². The Bertz CT molecular complexity index is 425. The molecule has 1 aliphatic carbocycles. The molecule has 2 amide bonds.